The van der Waals surface area contributed by atoms with Crippen LogP contribution in [0.4, 0.5) is 0 Å². The lowest BCUT2D eigenvalue weighted by atomic mass is 10.2. The molecule has 0 aromatic carbocycles. The Morgan fingerprint density at radius 2 is 2.44 bits per heavy atom. The zero-order valence-electron chi connectivity index (χ0n) is 10.2. The maximum Gasteiger partial charge on any atom is 0.102 e. The molecule has 0 saturated carbocycles. The second kappa shape index (κ2) is 4.83. The summed E-state index contributed by atoms with van der Waals surface area (Å²) in [6, 6.07) is 2.09. The predicted octanol–water partition coefficient (Wildman–Crippen LogP) is 0.632. The van der Waals surface area contributed by atoms with E-state index in [4.69, 9.17) is 4.74 Å². The number of nitrogens with one attached hydrogen (secondary N) is 1. The predicted molar refractivity (Wildman–Crippen MR) is 65.5 cm³/mol. The summed E-state index contributed by atoms with van der Waals surface area (Å²) in [6.07, 6.45) is 5.49. The molecule has 0 aliphatic carbocycles. The van der Waals surface area contributed by atoms with E-state index in [0.29, 0.717) is 6.61 Å². The summed E-state index contributed by atoms with van der Waals surface area (Å²) in [5.41, 5.74) is 2.97. The van der Waals surface area contributed by atoms with Crippen LogP contribution in [0.1, 0.15) is 17.3 Å². The largest absolute Gasteiger partial charge is 0.378 e. The molecule has 6 nitrogen and oxygen atoms in total. The number of rotatable bonds is 2. The number of ether oxygens (including phenoxy) is 1. The molecule has 2 aromatic heterocycles. The van der Waals surface area contributed by atoms with Gasteiger partial charge in [0.15, 0.2) is 0 Å². The molecule has 6 heteroatoms. The molecule has 1 saturated heterocycles. The van der Waals surface area contributed by atoms with Crippen LogP contribution >= 0.6 is 0 Å². The third-order valence-corrected chi connectivity index (χ3v) is 3.05. The van der Waals surface area contributed by atoms with Gasteiger partial charge in [0.2, 0.25) is 0 Å². The van der Waals surface area contributed by atoms with Crippen LogP contribution in [0.2, 0.25) is 0 Å². The van der Waals surface area contributed by atoms with Crippen molar-refractivity contribution in [2.45, 2.75) is 13.0 Å². The van der Waals surface area contributed by atoms with Gasteiger partial charge in [0.1, 0.15) is 5.69 Å². The molecule has 1 N–H and O–H groups in total. The second-order valence-electron chi connectivity index (χ2n) is 4.33. The van der Waals surface area contributed by atoms with Crippen molar-refractivity contribution >= 4 is 0 Å². The van der Waals surface area contributed by atoms with Crippen molar-refractivity contribution in [1.82, 2.24) is 25.3 Å². The van der Waals surface area contributed by atoms with E-state index in [1.54, 1.807) is 17.1 Å². The van der Waals surface area contributed by atoms with E-state index >= 15 is 0 Å². The Balaban J connectivity index is 1.87. The summed E-state index contributed by atoms with van der Waals surface area (Å²) in [5, 5.41) is 11.7. The van der Waals surface area contributed by atoms with Crippen LogP contribution in [0.15, 0.2) is 24.7 Å². The van der Waals surface area contributed by atoms with Gasteiger partial charge < -0.3 is 10.1 Å². The van der Waals surface area contributed by atoms with Gasteiger partial charge in [-0.15, -0.1) is 5.10 Å². The van der Waals surface area contributed by atoms with Crippen LogP contribution in [0, 0.1) is 6.92 Å². The van der Waals surface area contributed by atoms with Gasteiger partial charge >= 0.3 is 0 Å². The first-order chi connectivity index (χ1) is 8.84. The first kappa shape index (κ1) is 11.3. The standard InChI is InChI=1S/C12H15N5O/c1-9-2-3-13-6-12(9)17-7-10(15-16-17)11-8-18-5-4-14-11/h2-3,6-7,11,14H,4-5,8H2,1H3. The maximum atomic E-state index is 5.42. The van der Waals surface area contributed by atoms with Crippen LogP contribution in [0.3, 0.4) is 0 Å². The van der Waals surface area contributed by atoms with E-state index < -0.39 is 0 Å². The van der Waals surface area contributed by atoms with Crippen molar-refractivity contribution in [2.24, 2.45) is 0 Å². The lowest BCUT2D eigenvalue weighted by molar-refractivity contribution is 0.0756. The van der Waals surface area contributed by atoms with E-state index in [2.05, 4.69) is 20.6 Å². The first-order valence-corrected chi connectivity index (χ1v) is 5.99. The molecule has 94 valence electrons. The van der Waals surface area contributed by atoms with Crippen LogP contribution < -0.4 is 5.32 Å². The minimum Gasteiger partial charge on any atom is -0.378 e. The van der Waals surface area contributed by atoms with E-state index in [-0.39, 0.29) is 6.04 Å². The Hall–Kier alpha value is -1.79. The van der Waals surface area contributed by atoms with Crippen molar-refractivity contribution in [2.75, 3.05) is 19.8 Å². The number of hydrogen-bond acceptors (Lipinski definition) is 5. The Bertz CT molecular complexity index is 533. The Morgan fingerprint density at radius 1 is 1.50 bits per heavy atom. The third kappa shape index (κ3) is 2.12. The van der Waals surface area contributed by atoms with Crippen LogP contribution in [0.25, 0.3) is 5.69 Å². The number of nitrogens with zero attached hydrogens (tertiary/aromatic N) is 4. The number of morpholine rings is 1. The molecule has 1 aliphatic heterocycles. The van der Waals surface area contributed by atoms with Gasteiger partial charge in [-0.3, -0.25) is 4.98 Å². The molecule has 0 spiro atoms. The fraction of sp³-hybridized carbons (Fsp3) is 0.417. The number of hydrogen-bond donors (Lipinski definition) is 1. The fourth-order valence-electron chi connectivity index (χ4n) is 2.01. The summed E-state index contributed by atoms with van der Waals surface area (Å²) in [7, 11) is 0. The van der Waals surface area contributed by atoms with Crippen molar-refractivity contribution in [3.63, 3.8) is 0 Å². The van der Waals surface area contributed by atoms with Gasteiger partial charge in [-0.2, -0.15) is 0 Å². The zero-order chi connectivity index (χ0) is 12.4. The average Bonchev–Trinajstić information content (AvgIpc) is 2.90. The molecular formula is C12H15N5O. The molecule has 3 rings (SSSR count). The van der Waals surface area contributed by atoms with Gasteiger partial charge in [-0.1, -0.05) is 5.21 Å². The highest BCUT2D eigenvalue weighted by Crippen LogP contribution is 2.15. The molecule has 1 aliphatic rings. The molecule has 2 aromatic rings. The minimum absolute atomic E-state index is 0.129. The van der Waals surface area contributed by atoms with Crippen molar-refractivity contribution in [3.05, 3.63) is 35.9 Å². The van der Waals surface area contributed by atoms with Crippen molar-refractivity contribution in [1.29, 1.82) is 0 Å². The first-order valence-electron chi connectivity index (χ1n) is 5.99. The molecule has 0 amide bonds. The highest BCUT2D eigenvalue weighted by Gasteiger charge is 2.18. The normalized spacial score (nSPS) is 19.9. The summed E-state index contributed by atoms with van der Waals surface area (Å²) >= 11 is 0. The van der Waals surface area contributed by atoms with Crippen molar-refractivity contribution < 1.29 is 4.74 Å². The Morgan fingerprint density at radius 3 is 3.22 bits per heavy atom. The fourth-order valence-corrected chi connectivity index (χ4v) is 2.01. The van der Waals surface area contributed by atoms with Gasteiger partial charge in [-0.25, -0.2) is 4.68 Å². The molecular weight excluding hydrogens is 230 g/mol. The molecule has 1 unspecified atom stereocenters. The minimum atomic E-state index is 0.129. The maximum absolute atomic E-state index is 5.42. The second-order valence-corrected chi connectivity index (χ2v) is 4.33. The molecule has 0 bridgehead atoms. The Labute approximate surface area is 105 Å². The molecule has 1 atom stereocenters. The third-order valence-electron chi connectivity index (χ3n) is 3.05. The zero-order valence-corrected chi connectivity index (χ0v) is 10.2. The van der Waals surface area contributed by atoms with Crippen LogP contribution in [-0.2, 0) is 4.74 Å². The summed E-state index contributed by atoms with van der Waals surface area (Å²) in [5.74, 6) is 0. The summed E-state index contributed by atoms with van der Waals surface area (Å²) in [4.78, 5) is 4.11. The van der Waals surface area contributed by atoms with E-state index in [0.717, 1.165) is 30.1 Å². The van der Waals surface area contributed by atoms with Crippen molar-refractivity contribution in [3.8, 4) is 5.69 Å². The molecule has 3 heterocycles. The lowest BCUT2D eigenvalue weighted by Crippen LogP contribution is -2.34. The van der Waals surface area contributed by atoms with E-state index in [9.17, 15) is 0 Å². The van der Waals surface area contributed by atoms with E-state index in [1.165, 1.54) is 0 Å². The Kier molecular flexibility index (Phi) is 3.04. The molecule has 1 fully saturated rings. The highest BCUT2D eigenvalue weighted by molar-refractivity contribution is 5.36. The number of aromatic nitrogens is 4. The average molecular weight is 245 g/mol. The SMILES string of the molecule is Cc1ccncc1-n1cc(C2COCCN2)nn1. The van der Waals surface area contributed by atoms with Crippen LogP contribution in [-0.4, -0.2) is 39.7 Å². The number of pyridine rings is 1. The number of aryl methyl sites for hydroxylation is 1. The smallest absolute Gasteiger partial charge is 0.102 e. The lowest BCUT2D eigenvalue weighted by Gasteiger charge is -2.21. The monoisotopic (exact) mass is 245 g/mol. The van der Waals surface area contributed by atoms with Gasteiger partial charge in [0.05, 0.1) is 37.3 Å². The summed E-state index contributed by atoms with van der Waals surface area (Å²) < 4.78 is 7.18. The molecule has 0 radical (unpaired) electrons. The van der Waals surface area contributed by atoms with E-state index in [1.807, 2.05) is 19.2 Å². The highest BCUT2D eigenvalue weighted by atomic mass is 16.5. The quantitative estimate of drug-likeness (QED) is 0.840. The van der Waals surface area contributed by atoms with Crippen LogP contribution in [0.5, 0.6) is 0 Å². The topological polar surface area (TPSA) is 64.9 Å². The van der Waals surface area contributed by atoms with Gasteiger partial charge in [-0.05, 0) is 18.6 Å². The van der Waals surface area contributed by atoms with Gasteiger partial charge in [0.25, 0.3) is 0 Å². The molecule has 18 heavy (non-hydrogen) atoms. The van der Waals surface area contributed by atoms with Gasteiger partial charge in [0, 0.05) is 12.7 Å². The summed E-state index contributed by atoms with van der Waals surface area (Å²) in [6.45, 7) is 4.28.